The van der Waals surface area contributed by atoms with Crippen molar-refractivity contribution in [1.82, 2.24) is 25.4 Å². The fourth-order valence-corrected chi connectivity index (χ4v) is 4.94. The lowest BCUT2D eigenvalue weighted by Gasteiger charge is -2.29. The maximum absolute atomic E-state index is 14.5. The topological polar surface area (TPSA) is 73.7 Å². The average molecular weight is 479 g/mol. The zero-order valence-electron chi connectivity index (χ0n) is 19.3. The lowest BCUT2D eigenvalue weighted by molar-refractivity contribution is 0.258. The van der Waals surface area contributed by atoms with Gasteiger partial charge in [-0.25, -0.2) is 4.99 Å². The van der Waals surface area contributed by atoms with Gasteiger partial charge in [-0.05, 0) is 49.9 Å². The number of pyridine rings is 1. The Hall–Kier alpha value is -3.22. The van der Waals surface area contributed by atoms with Crippen molar-refractivity contribution < 1.29 is 4.39 Å². The van der Waals surface area contributed by atoms with Crippen LogP contribution >= 0.6 is 9.24 Å². The van der Waals surface area contributed by atoms with Gasteiger partial charge in [0.15, 0.2) is 6.17 Å². The number of para-hydroxylation sites is 1. The van der Waals surface area contributed by atoms with Crippen molar-refractivity contribution in [1.29, 1.82) is 0 Å². The number of aliphatic imine (C=N–C) groups is 1. The number of amidine groups is 1. The third-order valence-corrected chi connectivity index (χ3v) is 6.77. The summed E-state index contributed by atoms with van der Waals surface area (Å²) >= 11 is 0. The highest BCUT2D eigenvalue weighted by Gasteiger charge is 2.37. The number of aromatic nitrogens is 1. The van der Waals surface area contributed by atoms with Gasteiger partial charge in [-0.1, -0.05) is 36.4 Å². The van der Waals surface area contributed by atoms with Gasteiger partial charge < -0.3 is 16.0 Å². The van der Waals surface area contributed by atoms with Crippen LogP contribution in [-0.2, 0) is 0 Å². The van der Waals surface area contributed by atoms with Crippen LogP contribution in [0.15, 0.2) is 75.9 Å². The summed E-state index contributed by atoms with van der Waals surface area (Å²) in [6, 6.07) is 17.2. The molecule has 7 nitrogen and oxygen atoms in total. The monoisotopic (exact) mass is 478 g/mol. The summed E-state index contributed by atoms with van der Waals surface area (Å²) in [4.78, 5) is 19.9. The average Bonchev–Trinajstić information content (AvgIpc) is 3.23. The molecule has 0 aliphatic carbocycles. The maximum atomic E-state index is 14.5. The summed E-state index contributed by atoms with van der Waals surface area (Å²) in [5.74, 6) is 0.643. The second kappa shape index (κ2) is 8.85. The van der Waals surface area contributed by atoms with Gasteiger partial charge in [0.05, 0.1) is 23.8 Å². The second-order valence-corrected chi connectivity index (χ2v) is 9.71. The highest BCUT2D eigenvalue weighted by molar-refractivity contribution is 7.17. The van der Waals surface area contributed by atoms with Crippen LogP contribution in [0.5, 0.6) is 0 Å². The van der Waals surface area contributed by atoms with Crippen molar-refractivity contribution in [3.8, 4) is 5.69 Å². The molecule has 1 fully saturated rings. The highest BCUT2D eigenvalue weighted by atomic mass is 31.0. The number of hydrogen-bond donors (Lipinski definition) is 3. The van der Waals surface area contributed by atoms with E-state index in [1.165, 1.54) is 0 Å². The molecule has 3 aromatic rings. The summed E-state index contributed by atoms with van der Waals surface area (Å²) < 4.78 is 16.2. The molecule has 2 aromatic carbocycles. The molecule has 0 spiro atoms. The van der Waals surface area contributed by atoms with Gasteiger partial charge in [-0.2, -0.15) is 4.39 Å². The van der Waals surface area contributed by atoms with E-state index in [0.717, 1.165) is 28.0 Å². The van der Waals surface area contributed by atoms with E-state index in [4.69, 9.17) is 0 Å². The predicted molar refractivity (Wildman–Crippen MR) is 137 cm³/mol. The summed E-state index contributed by atoms with van der Waals surface area (Å²) in [5, 5.41) is 11.1. The normalized spacial score (nSPS) is 19.8. The Bertz CT molecular complexity index is 1370. The Morgan fingerprint density at radius 3 is 2.68 bits per heavy atom. The molecular formula is C25H28FN6OP. The van der Waals surface area contributed by atoms with E-state index in [1.807, 2.05) is 80.3 Å². The first-order valence-corrected chi connectivity index (χ1v) is 12.0. The molecule has 0 saturated carbocycles. The van der Waals surface area contributed by atoms with E-state index < -0.39 is 12.3 Å². The van der Waals surface area contributed by atoms with Gasteiger partial charge in [-0.15, -0.1) is 9.24 Å². The number of hydrogen-bond acceptors (Lipinski definition) is 6. The molecule has 0 radical (unpaired) electrons. The maximum Gasteiger partial charge on any atom is 0.285 e. The van der Waals surface area contributed by atoms with E-state index in [2.05, 4.69) is 30.2 Å². The Balaban J connectivity index is 1.61. The summed E-state index contributed by atoms with van der Waals surface area (Å²) in [6.45, 7) is 6.50. The second-order valence-electron chi connectivity index (χ2n) is 8.75. The minimum absolute atomic E-state index is 0.0766. The van der Waals surface area contributed by atoms with Crippen LogP contribution < -0.4 is 21.5 Å². The van der Waals surface area contributed by atoms with Crippen molar-refractivity contribution in [2.24, 2.45) is 4.99 Å². The zero-order chi connectivity index (χ0) is 24.0. The standard InChI is InChI=1S/C25H28FN6OP/c1-14-8-7-9-17-12-19(32(24(33)20(14)17)18-10-5-4-6-11-18)15(2)28-22-21-23(30-25(26)29-22)31(13-27-21)16(3)34/h4-12,15-16,23,27-28H,13,34H2,1-3H3,(H,29,30)/t15-,16?,23?/m0/s1. The van der Waals surface area contributed by atoms with E-state index >= 15 is 0 Å². The van der Waals surface area contributed by atoms with E-state index in [1.54, 1.807) is 4.57 Å². The molecule has 4 atom stereocenters. The molecule has 9 heteroatoms. The third kappa shape index (κ3) is 3.87. The summed E-state index contributed by atoms with van der Waals surface area (Å²) in [6.07, 6.45) is -1.07. The number of benzene rings is 2. The minimum atomic E-state index is -0.641. The molecule has 3 unspecified atom stereocenters. The summed E-state index contributed by atoms with van der Waals surface area (Å²) in [7, 11) is 2.73. The molecule has 1 saturated heterocycles. The third-order valence-electron chi connectivity index (χ3n) is 6.38. The lowest BCUT2D eigenvalue weighted by atomic mass is 10.0. The van der Waals surface area contributed by atoms with Gasteiger partial charge in [0.2, 0.25) is 0 Å². The fourth-order valence-electron chi connectivity index (χ4n) is 4.68. The molecule has 3 heterocycles. The van der Waals surface area contributed by atoms with Crippen LogP contribution in [-0.4, -0.2) is 34.2 Å². The first-order valence-electron chi connectivity index (χ1n) is 11.3. The summed E-state index contributed by atoms with van der Waals surface area (Å²) in [5.41, 5.74) is 3.20. The fraction of sp³-hybridized carbons (Fsp3) is 0.280. The molecule has 0 bridgehead atoms. The molecule has 1 aromatic heterocycles. The van der Waals surface area contributed by atoms with Gasteiger partial charge in [0, 0.05) is 17.2 Å². The van der Waals surface area contributed by atoms with Gasteiger partial charge >= 0.3 is 0 Å². The van der Waals surface area contributed by atoms with Crippen LogP contribution in [0.4, 0.5) is 4.39 Å². The van der Waals surface area contributed by atoms with Crippen LogP contribution in [0, 0.1) is 6.92 Å². The largest absolute Gasteiger partial charge is 0.370 e. The number of fused-ring (bicyclic) bond motifs is 2. The Kier molecular flexibility index (Phi) is 5.88. The number of rotatable bonds is 5. The van der Waals surface area contributed by atoms with Gasteiger partial charge in [0.25, 0.3) is 11.6 Å². The van der Waals surface area contributed by atoms with Gasteiger partial charge in [0.1, 0.15) is 5.82 Å². The molecule has 5 rings (SSSR count). The van der Waals surface area contributed by atoms with Crippen molar-refractivity contribution in [2.45, 2.75) is 38.8 Å². The predicted octanol–water partition coefficient (Wildman–Crippen LogP) is 3.46. The van der Waals surface area contributed by atoms with E-state index in [-0.39, 0.29) is 17.4 Å². The molecule has 176 valence electrons. The Labute approximate surface area is 200 Å². The SMILES string of the molecule is Cc1cccc2cc([C@H](C)NC3=C4NCN(C(C)P)C4N=C(F)N3)n(-c3ccccc3)c(=O)c12. The number of aryl methyl sites for hydroxylation is 1. The molecule has 2 aliphatic heterocycles. The smallest absolute Gasteiger partial charge is 0.285 e. The van der Waals surface area contributed by atoms with Crippen LogP contribution in [0.25, 0.3) is 16.5 Å². The van der Waals surface area contributed by atoms with Crippen molar-refractivity contribution >= 4 is 26.1 Å². The Morgan fingerprint density at radius 2 is 1.94 bits per heavy atom. The lowest BCUT2D eigenvalue weighted by Crippen LogP contribution is -2.43. The minimum Gasteiger partial charge on any atom is -0.370 e. The van der Waals surface area contributed by atoms with Crippen molar-refractivity contribution in [3.63, 3.8) is 0 Å². The van der Waals surface area contributed by atoms with Crippen molar-refractivity contribution in [3.05, 3.63) is 87.7 Å². The molecule has 0 amide bonds. The molecule has 34 heavy (non-hydrogen) atoms. The number of nitrogens with zero attached hydrogens (tertiary/aromatic N) is 3. The van der Waals surface area contributed by atoms with E-state index in [9.17, 15) is 9.18 Å². The Morgan fingerprint density at radius 1 is 1.18 bits per heavy atom. The van der Waals surface area contributed by atoms with Crippen molar-refractivity contribution in [2.75, 3.05) is 6.67 Å². The molecule has 3 N–H and O–H groups in total. The van der Waals surface area contributed by atoms with Crippen LogP contribution in [0.2, 0.25) is 0 Å². The van der Waals surface area contributed by atoms with Gasteiger partial charge in [-0.3, -0.25) is 14.3 Å². The quantitative estimate of drug-likeness (QED) is 0.387. The highest BCUT2D eigenvalue weighted by Crippen LogP contribution is 2.28. The molecule has 2 aliphatic rings. The number of nitrogens with one attached hydrogen (secondary N) is 3. The first kappa shape index (κ1) is 22.6. The van der Waals surface area contributed by atoms with Crippen LogP contribution in [0.3, 0.4) is 0 Å². The first-order chi connectivity index (χ1) is 16.3. The van der Waals surface area contributed by atoms with Crippen LogP contribution in [0.1, 0.15) is 31.1 Å². The van der Waals surface area contributed by atoms with E-state index in [0.29, 0.717) is 17.9 Å². The number of halogens is 1. The zero-order valence-corrected chi connectivity index (χ0v) is 20.5. The molecular weight excluding hydrogens is 450 g/mol.